The molecule has 0 amide bonds. The Bertz CT molecular complexity index is 561. The predicted octanol–water partition coefficient (Wildman–Crippen LogP) is 1.87. The first kappa shape index (κ1) is 14.5. The van der Waals surface area contributed by atoms with E-state index in [0.29, 0.717) is 0 Å². The monoisotopic (exact) mass is 273 g/mol. The first-order chi connectivity index (χ1) is 9.58. The van der Waals surface area contributed by atoms with Gasteiger partial charge in [0.2, 0.25) is 0 Å². The summed E-state index contributed by atoms with van der Waals surface area (Å²) in [5.74, 6) is 1.00. The molecule has 2 aromatic rings. The Morgan fingerprint density at radius 2 is 2.10 bits per heavy atom. The molecule has 0 aliphatic rings. The van der Waals surface area contributed by atoms with Gasteiger partial charge in [0.05, 0.1) is 6.20 Å². The van der Waals surface area contributed by atoms with Crippen molar-refractivity contribution in [3.63, 3.8) is 0 Å². The topological polar surface area (TPSA) is 46.0 Å². The zero-order valence-electron chi connectivity index (χ0n) is 12.7. The van der Waals surface area contributed by atoms with Crippen molar-refractivity contribution in [3.05, 3.63) is 41.3 Å². The second-order valence-electron chi connectivity index (χ2n) is 5.13. The van der Waals surface area contributed by atoms with Crippen molar-refractivity contribution >= 4 is 5.82 Å². The Morgan fingerprint density at radius 1 is 1.30 bits per heavy atom. The number of pyridine rings is 1. The van der Waals surface area contributed by atoms with Gasteiger partial charge in [0, 0.05) is 44.6 Å². The smallest absolute Gasteiger partial charge is 0.129 e. The minimum Gasteiger partial charge on any atom is -0.355 e. The van der Waals surface area contributed by atoms with Crippen LogP contribution in [-0.4, -0.2) is 28.4 Å². The molecule has 0 unspecified atom stereocenters. The van der Waals surface area contributed by atoms with Gasteiger partial charge in [0.15, 0.2) is 0 Å². The van der Waals surface area contributed by atoms with Crippen molar-refractivity contribution in [2.45, 2.75) is 26.9 Å². The second kappa shape index (κ2) is 6.52. The van der Waals surface area contributed by atoms with E-state index < -0.39 is 0 Å². The van der Waals surface area contributed by atoms with E-state index in [-0.39, 0.29) is 0 Å². The van der Waals surface area contributed by atoms with Crippen LogP contribution in [0, 0.1) is 6.92 Å². The fraction of sp³-hybridized carbons (Fsp3) is 0.467. The van der Waals surface area contributed by atoms with E-state index in [1.807, 2.05) is 31.0 Å². The fourth-order valence-corrected chi connectivity index (χ4v) is 2.20. The summed E-state index contributed by atoms with van der Waals surface area (Å²) in [6.45, 7) is 6.82. The number of rotatable bonds is 6. The van der Waals surface area contributed by atoms with Crippen molar-refractivity contribution in [3.8, 4) is 0 Å². The van der Waals surface area contributed by atoms with Gasteiger partial charge in [-0.1, -0.05) is 6.92 Å². The fourth-order valence-electron chi connectivity index (χ4n) is 2.20. The van der Waals surface area contributed by atoms with E-state index in [1.54, 1.807) is 0 Å². The molecule has 0 bridgehead atoms. The van der Waals surface area contributed by atoms with Gasteiger partial charge in [-0.3, -0.25) is 4.68 Å². The Morgan fingerprint density at radius 3 is 2.75 bits per heavy atom. The molecule has 0 atom stereocenters. The molecule has 20 heavy (non-hydrogen) atoms. The first-order valence-electron chi connectivity index (χ1n) is 6.95. The first-order valence-corrected chi connectivity index (χ1v) is 6.95. The molecule has 0 fully saturated rings. The van der Waals surface area contributed by atoms with Gasteiger partial charge >= 0.3 is 0 Å². The summed E-state index contributed by atoms with van der Waals surface area (Å²) in [6.07, 6.45) is 3.93. The summed E-state index contributed by atoms with van der Waals surface area (Å²) in [5.41, 5.74) is 3.51. The van der Waals surface area contributed by atoms with Gasteiger partial charge in [-0.15, -0.1) is 0 Å². The molecule has 2 rings (SSSR count). The van der Waals surface area contributed by atoms with Crippen LogP contribution in [0.25, 0.3) is 0 Å². The average Bonchev–Trinajstić information content (AvgIpc) is 2.81. The molecule has 0 aromatic carbocycles. The van der Waals surface area contributed by atoms with Crippen LogP contribution >= 0.6 is 0 Å². The maximum absolute atomic E-state index is 4.62. The summed E-state index contributed by atoms with van der Waals surface area (Å²) < 4.78 is 1.82. The maximum Gasteiger partial charge on any atom is 0.129 e. The number of hydrogen-bond acceptors (Lipinski definition) is 4. The number of anilines is 1. The minimum atomic E-state index is 0.810. The SMILES string of the molecule is CCNCc1cc(C)nc(N(C)Cc2cnn(C)c2)c1. The summed E-state index contributed by atoms with van der Waals surface area (Å²) in [5, 5.41) is 7.55. The summed E-state index contributed by atoms with van der Waals surface area (Å²) in [4.78, 5) is 6.77. The van der Waals surface area contributed by atoms with Gasteiger partial charge in [0.25, 0.3) is 0 Å². The molecular weight excluding hydrogens is 250 g/mol. The number of aromatic nitrogens is 3. The van der Waals surface area contributed by atoms with Crippen molar-refractivity contribution < 1.29 is 0 Å². The molecule has 0 aliphatic heterocycles. The molecule has 0 radical (unpaired) electrons. The van der Waals surface area contributed by atoms with Crippen molar-refractivity contribution in [2.24, 2.45) is 7.05 Å². The average molecular weight is 273 g/mol. The van der Waals surface area contributed by atoms with Crippen LogP contribution in [0.5, 0.6) is 0 Å². The standard InChI is InChI=1S/C15H23N5/c1-5-16-8-13-6-12(2)18-15(7-13)19(3)10-14-9-17-20(4)11-14/h6-7,9,11,16H,5,8,10H2,1-4H3. The molecule has 108 valence electrons. The van der Waals surface area contributed by atoms with Crippen LogP contribution in [0.1, 0.15) is 23.7 Å². The second-order valence-corrected chi connectivity index (χ2v) is 5.13. The van der Waals surface area contributed by atoms with Crippen LogP contribution in [0.3, 0.4) is 0 Å². The molecule has 0 saturated carbocycles. The lowest BCUT2D eigenvalue weighted by atomic mass is 10.2. The summed E-state index contributed by atoms with van der Waals surface area (Å²) in [6, 6.07) is 4.27. The number of aryl methyl sites for hydroxylation is 2. The van der Waals surface area contributed by atoms with E-state index in [4.69, 9.17) is 0 Å². The van der Waals surface area contributed by atoms with Gasteiger partial charge in [-0.25, -0.2) is 4.98 Å². The van der Waals surface area contributed by atoms with Crippen LogP contribution in [0.2, 0.25) is 0 Å². The third kappa shape index (κ3) is 3.81. The molecule has 0 saturated heterocycles. The molecule has 1 N–H and O–H groups in total. The predicted molar refractivity (Wildman–Crippen MR) is 81.7 cm³/mol. The lowest BCUT2D eigenvalue weighted by Gasteiger charge is -2.19. The molecule has 0 aliphatic carbocycles. The van der Waals surface area contributed by atoms with E-state index in [2.05, 4.69) is 46.4 Å². The van der Waals surface area contributed by atoms with E-state index in [1.165, 1.54) is 11.1 Å². The zero-order chi connectivity index (χ0) is 14.5. The lowest BCUT2D eigenvalue weighted by Crippen LogP contribution is -2.19. The van der Waals surface area contributed by atoms with Gasteiger partial charge in [-0.05, 0) is 31.2 Å². The summed E-state index contributed by atoms with van der Waals surface area (Å²) in [7, 11) is 3.99. The Balaban J connectivity index is 2.12. The third-order valence-electron chi connectivity index (χ3n) is 3.15. The number of nitrogens with one attached hydrogen (secondary N) is 1. The Kier molecular flexibility index (Phi) is 4.74. The minimum absolute atomic E-state index is 0.810. The van der Waals surface area contributed by atoms with Crippen molar-refractivity contribution in [1.82, 2.24) is 20.1 Å². The van der Waals surface area contributed by atoms with E-state index >= 15 is 0 Å². The molecule has 2 heterocycles. The van der Waals surface area contributed by atoms with Crippen LogP contribution in [0.15, 0.2) is 24.5 Å². The van der Waals surface area contributed by atoms with Crippen LogP contribution < -0.4 is 10.2 Å². The van der Waals surface area contributed by atoms with Gasteiger partial charge < -0.3 is 10.2 Å². The van der Waals surface area contributed by atoms with Gasteiger partial charge in [-0.2, -0.15) is 5.10 Å². The van der Waals surface area contributed by atoms with Crippen molar-refractivity contribution in [1.29, 1.82) is 0 Å². The quantitative estimate of drug-likeness (QED) is 0.873. The molecule has 2 aromatic heterocycles. The van der Waals surface area contributed by atoms with E-state index in [9.17, 15) is 0 Å². The summed E-state index contributed by atoms with van der Waals surface area (Å²) >= 11 is 0. The molecule has 5 nitrogen and oxygen atoms in total. The number of nitrogens with zero attached hydrogens (tertiary/aromatic N) is 4. The molecule has 0 spiro atoms. The largest absolute Gasteiger partial charge is 0.355 e. The highest BCUT2D eigenvalue weighted by molar-refractivity contribution is 5.42. The van der Waals surface area contributed by atoms with Crippen LogP contribution in [0.4, 0.5) is 5.82 Å². The highest BCUT2D eigenvalue weighted by Gasteiger charge is 2.07. The lowest BCUT2D eigenvalue weighted by molar-refractivity contribution is 0.724. The highest BCUT2D eigenvalue weighted by Crippen LogP contribution is 2.16. The number of hydrogen-bond donors (Lipinski definition) is 1. The highest BCUT2D eigenvalue weighted by atomic mass is 15.2. The van der Waals surface area contributed by atoms with Crippen molar-refractivity contribution in [2.75, 3.05) is 18.5 Å². The molecular formula is C15H23N5. The zero-order valence-corrected chi connectivity index (χ0v) is 12.7. The molecule has 5 heteroatoms. The normalized spacial score (nSPS) is 10.8. The van der Waals surface area contributed by atoms with E-state index in [0.717, 1.165) is 31.1 Å². The maximum atomic E-state index is 4.62. The van der Waals surface area contributed by atoms with Crippen LogP contribution in [-0.2, 0) is 20.1 Å². The Labute approximate surface area is 120 Å². The van der Waals surface area contributed by atoms with Gasteiger partial charge in [0.1, 0.15) is 5.82 Å². The Hall–Kier alpha value is -1.88. The third-order valence-corrected chi connectivity index (χ3v) is 3.15.